The van der Waals surface area contributed by atoms with Crippen LogP contribution in [0.3, 0.4) is 0 Å². The van der Waals surface area contributed by atoms with Gasteiger partial charge in [0.2, 0.25) is 0 Å². The molecule has 0 saturated heterocycles. The lowest BCUT2D eigenvalue weighted by Crippen LogP contribution is -2.07. The SMILES string of the molecule is Nc1cccc(O)c1C1CCCCC1. The third-order valence-corrected chi connectivity index (χ3v) is 3.13. The lowest BCUT2D eigenvalue weighted by atomic mass is 9.83. The molecule has 3 N–H and O–H groups in total. The predicted octanol–water partition coefficient (Wildman–Crippen LogP) is 3.02. The van der Waals surface area contributed by atoms with Gasteiger partial charge in [-0.3, -0.25) is 0 Å². The minimum absolute atomic E-state index is 0.372. The Kier molecular flexibility index (Phi) is 2.62. The number of hydrogen-bond donors (Lipinski definition) is 2. The van der Waals surface area contributed by atoms with E-state index in [1.54, 1.807) is 12.1 Å². The normalized spacial score (nSPS) is 18.3. The van der Waals surface area contributed by atoms with Gasteiger partial charge in [0, 0.05) is 11.3 Å². The number of phenols is 1. The summed E-state index contributed by atoms with van der Waals surface area (Å²) in [5, 5.41) is 9.76. The Morgan fingerprint density at radius 1 is 1.14 bits per heavy atom. The van der Waals surface area contributed by atoms with Crippen molar-refractivity contribution in [1.29, 1.82) is 0 Å². The van der Waals surface area contributed by atoms with Crippen molar-refractivity contribution < 1.29 is 5.11 Å². The summed E-state index contributed by atoms with van der Waals surface area (Å²) in [5.41, 5.74) is 7.62. The first-order valence-corrected chi connectivity index (χ1v) is 5.36. The number of rotatable bonds is 1. The molecule has 1 aliphatic carbocycles. The van der Waals surface area contributed by atoms with E-state index in [4.69, 9.17) is 5.73 Å². The maximum absolute atomic E-state index is 9.76. The van der Waals surface area contributed by atoms with Gasteiger partial charge in [0.25, 0.3) is 0 Å². The largest absolute Gasteiger partial charge is 0.508 e. The summed E-state index contributed by atoms with van der Waals surface area (Å²) >= 11 is 0. The Hall–Kier alpha value is -1.18. The van der Waals surface area contributed by atoms with E-state index < -0.39 is 0 Å². The molecule has 76 valence electrons. The molecule has 14 heavy (non-hydrogen) atoms. The third-order valence-electron chi connectivity index (χ3n) is 3.13. The Bertz CT molecular complexity index is 296. The molecular weight excluding hydrogens is 174 g/mol. The second kappa shape index (κ2) is 3.91. The average Bonchev–Trinajstić information content (AvgIpc) is 2.19. The van der Waals surface area contributed by atoms with Crippen LogP contribution < -0.4 is 5.73 Å². The van der Waals surface area contributed by atoms with Crippen LogP contribution in [-0.4, -0.2) is 5.11 Å². The Morgan fingerprint density at radius 2 is 1.86 bits per heavy atom. The predicted molar refractivity (Wildman–Crippen MR) is 58.3 cm³/mol. The molecule has 0 aliphatic heterocycles. The molecule has 1 aliphatic rings. The number of aromatic hydroxyl groups is 1. The van der Waals surface area contributed by atoms with Crippen LogP contribution in [0.4, 0.5) is 5.69 Å². The van der Waals surface area contributed by atoms with Crippen LogP contribution in [0.2, 0.25) is 0 Å². The van der Waals surface area contributed by atoms with Crippen molar-refractivity contribution >= 4 is 5.69 Å². The second-order valence-electron chi connectivity index (χ2n) is 4.11. The first-order valence-electron chi connectivity index (χ1n) is 5.36. The van der Waals surface area contributed by atoms with Gasteiger partial charge < -0.3 is 10.8 Å². The van der Waals surface area contributed by atoms with Gasteiger partial charge in [-0.2, -0.15) is 0 Å². The zero-order valence-electron chi connectivity index (χ0n) is 8.37. The quantitative estimate of drug-likeness (QED) is 0.670. The molecule has 0 heterocycles. The number of anilines is 1. The molecule has 0 atom stereocenters. The van der Waals surface area contributed by atoms with Crippen LogP contribution in [0.25, 0.3) is 0 Å². The van der Waals surface area contributed by atoms with Crippen LogP contribution >= 0.6 is 0 Å². The van der Waals surface area contributed by atoms with Crippen LogP contribution in [0.15, 0.2) is 18.2 Å². The number of nitrogen functional groups attached to an aromatic ring is 1. The second-order valence-corrected chi connectivity index (χ2v) is 4.11. The van der Waals surface area contributed by atoms with Crippen LogP contribution in [0.1, 0.15) is 43.6 Å². The fraction of sp³-hybridized carbons (Fsp3) is 0.500. The number of hydrogen-bond acceptors (Lipinski definition) is 2. The lowest BCUT2D eigenvalue weighted by Gasteiger charge is -2.23. The van der Waals surface area contributed by atoms with Crippen molar-refractivity contribution in [1.82, 2.24) is 0 Å². The summed E-state index contributed by atoms with van der Waals surface area (Å²) in [5.74, 6) is 0.849. The summed E-state index contributed by atoms with van der Waals surface area (Å²) in [7, 11) is 0. The van der Waals surface area contributed by atoms with E-state index in [0.717, 1.165) is 11.3 Å². The van der Waals surface area contributed by atoms with Gasteiger partial charge >= 0.3 is 0 Å². The highest BCUT2D eigenvalue weighted by Gasteiger charge is 2.20. The van der Waals surface area contributed by atoms with E-state index in [2.05, 4.69) is 0 Å². The van der Waals surface area contributed by atoms with Gasteiger partial charge in [0.15, 0.2) is 0 Å². The topological polar surface area (TPSA) is 46.2 Å². The first-order chi connectivity index (χ1) is 6.79. The van der Waals surface area contributed by atoms with Gasteiger partial charge in [-0.1, -0.05) is 25.3 Å². The van der Waals surface area contributed by atoms with Crippen LogP contribution in [0, 0.1) is 0 Å². The Morgan fingerprint density at radius 3 is 2.50 bits per heavy atom. The van der Waals surface area contributed by atoms with Gasteiger partial charge in [0.1, 0.15) is 5.75 Å². The van der Waals surface area contributed by atoms with Crippen molar-refractivity contribution in [2.24, 2.45) is 0 Å². The molecule has 1 saturated carbocycles. The van der Waals surface area contributed by atoms with Gasteiger partial charge in [-0.25, -0.2) is 0 Å². The maximum Gasteiger partial charge on any atom is 0.121 e. The highest BCUT2D eigenvalue weighted by molar-refractivity contribution is 5.55. The summed E-state index contributed by atoms with van der Waals surface area (Å²) in [6, 6.07) is 5.42. The van der Waals surface area contributed by atoms with Crippen molar-refractivity contribution in [3.63, 3.8) is 0 Å². The molecule has 1 aromatic rings. The van der Waals surface area contributed by atoms with Gasteiger partial charge in [-0.15, -0.1) is 0 Å². The van der Waals surface area contributed by atoms with E-state index in [0.29, 0.717) is 11.7 Å². The third kappa shape index (κ3) is 1.69. The van der Waals surface area contributed by atoms with E-state index in [9.17, 15) is 5.11 Å². The smallest absolute Gasteiger partial charge is 0.121 e. The van der Waals surface area contributed by atoms with E-state index in [1.807, 2.05) is 6.07 Å². The van der Waals surface area contributed by atoms with E-state index in [1.165, 1.54) is 32.1 Å². The minimum Gasteiger partial charge on any atom is -0.508 e. The molecule has 0 radical (unpaired) electrons. The summed E-state index contributed by atoms with van der Waals surface area (Å²) in [4.78, 5) is 0. The van der Waals surface area contributed by atoms with Gasteiger partial charge in [0.05, 0.1) is 0 Å². The molecule has 0 bridgehead atoms. The van der Waals surface area contributed by atoms with Crippen molar-refractivity contribution in [2.75, 3.05) is 5.73 Å². The minimum atomic E-state index is 0.372. The Balaban J connectivity index is 2.29. The molecule has 0 aromatic heterocycles. The Labute approximate surface area is 84.7 Å². The van der Waals surface area contributed by atoms with Crippen molar-refractivity contribution in [3.8, 4) is 5.75 Å². The number of nitrogens with two attached hydrogens (primary N) is 1. The monoisotopic (exact) mass is 191 g/mol. The van der Waals surface area contributed by atoms with Crippen LogP contribution in [-0.2, 0) is 0 Å². The summed E-state index contributed by atoms with van der Waals surface area (Å²) < 4.78 is 0. The highest BCUT2D eigenvalue weighted by atomic mass is 16.3. The van der Waals surface area contributed by atoms with Crippen molar-refractivity contribution in [2.45, 2.75) is 38.0 Å². The molecule has 1 aromatic carbocycles. The average molecular weight is 191 g/mol. The molecule has 0 amide bonds. The summed E-state index contributed by atoms with van der Waals surface area (Å²) in [6.45, 7) is 0. The summed E-state index contributed by atoms with van der Waals surface area (Å²) in [6.07, 6.45) is 6.18. The van der Waals surface area contributed by atoms with Crippen molar-refractivity contribution in [3.05, 3.63) is 23.8 Å². The molecule has 1 fully saturated rings. The lowest BCUT2D eigenvalue weighted by molar-refractivity contribution is 0.415. The standard InChI is InChI=1S/C12H17NO/c13-10-7-4-8-11(14)12(10)9-5-2-1-3-6-9/h4,7-9,14H,1-3,5-6,13H2. The highest BCUT2D eigenvalue weighted by Crippen LogP contribution is 2.39. The molecular formula is C12H17NO. The number of benzene rings is 1. The maximum atomic E-state index is 9.76. The number of phenolic OH excluding ortho intramolecular Hbond substituents is 1. The molecule has 2 rings (SSSR count). The molecule has 2 nitrogen and oxygen atoms in total. The fourth-order valence-corrected chi connectivity index (χ4v) is 2.41. The zero-order valence-corrected chi connectivity index (χ0v) is 8.37. The first kappa shape index (κ1) is 9.38. The zero-order chi connectivity index (χ0) is 9.97. The van der Waals surface area contributed by atoms with E-state index in [-0.39, 0.29) is 0 Å². The molecule has 0 unspecified atom stereocenters. The molecule has 0 spiro atoms. The molecule has 2 heteroatoms. The van der Waals surface area contributed by atoms with Crippen LogP contribution in [0.5, 0.6) is 5.75 Å². The van der Waals surface area contributed by atoms with E-state index >= 15 is 0 Å². The van der Waals surface area contributed by atoms with Gasteiger partial charge in [-0.05, 0) is 30.9 Å². The fourth-order valence-electron chi connectivity index (χ4n) is 2.41.